The largest absolute Gasteiger partial charge is 0.444 e. The van der Waals surface area contributed by atoms with E-state index in [1.165, 1.54) is 18.3 Å². The normalized spacial score (nSPS) is 18.3. The van der Waals surface area contributed by atoms with Gasteiger partial charge in [0.25, 0.3) is 0 Å². The molecule has 1 aromatic carbocycles. The van der Waals surface area contributed by atoms with E-state index in [1.54, 1.807) is 26.8 Å². The van der Waals surface area contributed by atoms with Gasteiger partial charge >= 0.3 is 12.3 Å². The molecule has 1 fully saturated rings. The first kappa shape index (κ1) is 26.1. The van der Waals surface area contributed by atoms with Gasteiger partial charge in [0.2, 0.25) is 0 Å². The Hall–Kier alpha value is -3.48. The number of pyridine rings is 1. The number of Topliss-reactive ketones (excluding diaryl/α,β-unsaturated/α-hetero) is 1. The second kappa shape index (κ2) is 10.0. The number of carbonyl (C=O) groups excluding carboxylic acids is 2. The van der Waals surface area contributed by atoms with Crippen molar-refractivity contribution in [2.75, 3.05) is 6.54 Å². The van der Waals surface area contributed by atoms with E-state index < -0.39 is 35.6 Å². The Balaban J connectivity index is 1.75. The maximum absolute atomic E-state index is 14.1. The number of nitriles is 1. The summed E-state index contributed by atoms with van der Waals surface area (Å²) < 4.78 is 57.9. The number of alkyl halides is 4. The van der Waals surface area contributed by atoms with E-state index in [0.717, 1.165) is 17.0 Å². The fraction of sp³-hybridized carbons (Fsp3) is 0.440. The highest BCUT2D eigenvalue weighted by atomic mass is 19.4. The van der Waals surface area contributed by atoms with Gasteiger partial charge in [-0.05, 0) is 51.0 Å². The SMILES string of the molecule is CC(C)(C)OC(=O)N1C[C@H](F)C[C@H]1C(=O)CCc1cc(-c2ccc(C(F)(F)F)cc2)ncc1C#N. The van der Waals surface area contributed by atoms with Crippen LogP contribution in [0.15, 0.2) is 36.5 Å². The molecule has 0 spiro atoms. The van der Waals surface area contributed by atoms with Gasteiger partial charge in [0, 0.05) is 24.6 Å². The molecule has 0 saturated carbocycles. The van der Waals surface area contributed by atoms with Crippen molar-refractivity contribution < 1.29 is 31.9 Å². The van der Waals surface area contributed by atoms with Gasteiger partial charge in [-0.3, -0.25) is 14.7 Å². The molecular formula is C25H25F4N3O3. The van der Waals surface area contributed by atoms with Crippen LogP contribution in [0.3, 0.4) is 0 Å². The van der Waals surface area contributed by atoms with Gasteiger partial charge < -0.3 is 4.74 Å². The monoisotopic (exact) mass is 491 g/mol. The Morgan fingerprint density at radius 3 is 2.43 bits per heavy atom. The van der Waals surface area contributed by atoms with E-state index in [4.69, 9.17) is 4.74 Å². The molecule has 2 atom stereocenters. The van der Waals surface area contributed by atoms with E-state index in [1.807, 2.05) is 6.07 Å². The number of ether oxygens (including phenoxy) is 1. The quantitative estimate of drug-likeness (QED) is 0.517. The Labute approximate surface area is 200 Å². The highest BCUT2D eigenvalue weighted by molar-refractivity contribution is 5.88. The molecule has 10 heteroatoms. The molecule has 1 aliphatic heterocycles. The van der Waals surface area contributed by atoms with Crippen molar-refractivity contribution in [2.45, 2.75) is 64.0 Å². The van der Waals surface area contributed by atoms with Crippen molar-refractivity contribution in [1.29, 1.82) is 5.26 Å². The van der Waals surface area contributed by atoms with Gasteiger partial charge in [-0.15, -0.1) is 0 Å². The van der Waals surface area contributed by atoms with Crippen LogP contribution in [-0.2, 0) is 22.1 Å². The minimum Gasteiger partial charge on any atom is -0.444 e. The molecule has 1 aliphatic rings. The van der Waals surface area contributed by atoms with Gasteiger partial charge in [0.15, 0.2) is 5.78 Å². The molecule has 6 nitrogen and oxygen atoms in total. The second-order valence-corrected chi connectivity index (χ2v) is 9.36. The number of ketones is 1. The first-order chi connectivity index (χ1) is 16.3. The fourth-order valence-electron chi connectivity index (χ4n) is 3.83. The van der Waals surface area contributed by atoms with Crippen LogP contribution in [0.2, 0.25) is 0 Å². The van der Waals surface area contributed by atoms with Gasteiger partial charge in [-0.2, -0.15) is 18.4 Å². The van der Waals surface area contributed by atoms with Crippen molar-refractivity contribution in [3.8, 4) is 17.3 Å². The number of carbonyl (C=O) groups is 2. The Kier molecular flexibility index (Phi) is 7.48. The first-order valence-corrected chi connectivity index (χ1v) is 11.0. The highest BCUT2D eigenvalue weighted by Gasteiger charge is 2.41. The van der Waals surface area contributed by atoms with Crippen LogP contribution in [0.1, 0.15) is 50.3 Å². The third-order valence-electron chi connectivity index (χ3n) is 5.51. The van der Waals surface area contributed by atoms with Crippen molar-refractivity contribution in [3.63, 3.8) is 0 Å². The summed E-state index contributed by atoms with van der Waals surface area (Å²) in [5.41, 5.74) is -0.135. The minimum atomic E-state index is -4.46. The lowest BCUT2D eigenvalue weighted by Crippen LogP contribution is -2.43. The topological polar surface area (TPSA) is 83.3 Å². The van der Waals surface area contributed by atoms with Crippen LogP contribution >= 0.6 is 0 Å². The molecule has 0 unspecified atom stereocenters. The smallest absolute Gasteiger partial charge is 0.416 e. The molecule has 1 aromatic heterocycles. The van der Waals surface area contributed by atoms with Crippen molar-refractivity contribution in [2.24, 2.45) is 0 Å². The van der Waals surface area contributed by atoms with Crippen molar-refractivity contribution in [3.05, 3.63) is 53.2 Å². The Morgan fingerprint density at radius 1 is 1.20 bits per heavy atom. The van der Waals surface area contributed by atoms with Crippen molar-refractivity contribution in [1.82, 2.24) is 9.88 Å². The number of halogens is 4. The predicted octanol–water partition coefficient (Wildman–Crippen LogP) is 5.49. The van der Waals surface area contributed by atoms with Crippen LogP contribution in [0.4, 0.5) is 22.4 Å². The fourth-order valence-corrected chi connectivity index (χ4v) is 3.83. The highest BCUT2D eigenvalue weighted by Crippen LogP contribution is 2.31. The summed E-state index contributed by atoms with van der Waals surface area (Å²) in [6.45, 7) is 4.78. The number of likely N-dealkylation sites (tertiary alicyclic amines) is 1. The third kappa shape index (κ3) is 6.56. The van der Waals surface area contributed by atoms with E-state index in [9.17, 15) is 32.4 Å². The number of aromatic nitrogens is 1. The molecule has 35 heavy (non-hydrogen) atoms. The van der Waals surface area contributed by atoms with E-state index >= 15 is 0 Å². The first-order valence-electron chi connectivity index (χ1n) is 11.0. The lowest BCUT2D eigenvalue weighted by atomic mass is 9.98. The summed E-state index contributed by atoms with van der Waals surface area (Å²) >= 11 is 0. The van der Waals surface area contributed by atoms with E-state index in [-0.39, 0.29) is 37.2 Å². The molecule has 2 aromatic rings. The number of aryl methyl sites for hydroxylation is 1. The maximum Gasteiger partial charge on any atom is 0.416 e. The second-order valence-electron chi connectivity index (χ2n) is 9.36. The van der Waals surface area contributed by atoms with Gasteiger partial charge in [0.1, 0.15) is 17.8 Å². The average Bonchev–Trinajstić information content (AvgIpc) is 3.17. The number of benzene rings is 1. The summed E-state index contributed by atoms with van der Waals surface area (Å²) in [6, 6.07) is 7.02. The average molecular weight is 491 g/mol. The molecule has 186 valence electrons. The van der Waals surface area contributed by atoms with Crippen LogP contribution < -0.4 is 0 Å². The number of rotatable bonds is 5. The van der Waals surface area contributed by atoms with E-state index in [0.29, 0.717) is 16.8 Å². The third-order valence-corrected chi connectivity index (χ3v) is 5.51. The number of hydrogen-bond acceptors (Lipinski definition) is 5. The molecule has 0 radical (unpaired) electrons. The zero-order chi connectivity index (χ0) is 26.0. The molecule has 2 heterocycles. The summed E-state index contributed by atoms with van der Waals surface area (Å²) in [7, 11) is 0. The van der Waals surface area contributed by atoms with Gasteiger partial charge in [-0.25, -0.2) is 9.18 Å². The molecule has 0 aliphatic carbocycles. The number of amides is 1. The zero-order valence-electron chi connectivity index (χ0n) is 19.5. The zero-order valence-corrected chi connectivity index (χ0v) is 19.5. The van der Waals surface area contributed by atoms with Gasteiger partial charge in [0.05, 0.1) is 29.4 Å². The van der Waals surface area contributed by atoms with Crippen LogP contribution in [0, 0.1) is 11.3 Å². The lowest BCUT2D eigenvalue weighted by molar-refractivity contribution is -0.137. The summed E-state index contributed by atoms with van der Waals surface area (Å²) in [6.07, 6.45) is -5.35. The Bertz CT molecular complexity index is 1130. The predicted molar refractivity (Wildman–Crippen MR) is 119 cm³/mol. The lowest BCUT2D eigenvalue weighted by Gasteiger charge is -2.27. The molecule has 0 bridgehead atoms. The molecule has 1 amide bonds. The van der Waals surface area contributed by atoms with Crippen LogP contribution in [-0.4, -0.2) is 46.1 Å². The van der Waals surface area contributed by atoms with Crippen molar-refractivity contribution >= 4 is 11.9 Å². The van der Waals surface area contributed by atoms with Crippen LogP contribution in [0.25, 0.3) is 11.3 Å². The Morgan fingerprint density at radius 2 is 1.86 bits per heavy atom. The standard InChI is InChI=1S/C25H25F4N3O3/c1-24(2,3)35-23(34)32-14-19(26)11-21(32)22(33)9-6-16-10-20(31-13-17(16)12-30)15-4-7-18(8-5-15)25(27,28)29/h4-5,7-8,10,13,19,21H,6,9,11,14H2,1-3H3/t19-,21+/m1/s1. The minimum absolute atomic E-state index is 0.0676. The number of nitrogens with zero attached hydrogens (tertiary/aromatic N) is 3. The molecule has 0 N–H and O–H groups in total. The molecule has 1 saturated heterocycles. The molecule has 3 rings (SSSR count). The molecular weight excluding hydrogens is 466 g/mol. The summed E-state index contributed by atoms with van der Waals surface area (Å²) in [4.78, 5) is 30.6. The van der Waals surface area contributed by atoms with Crippen LogP contribution in [0.5, 0.6) is 0 Å². The summed E-state index contributed by atoms with van der Waals surface area (Å²) in [5, 5.41) is 9.42. The van der Waals surface area contributed by atoms with Gasteiger partial charge in [-0.1, -0.05) is 12.1 Å². The summed E-state index contributed by atoms with van der Waals surface area (Å²) in [5.74, 6) is -0.368. The maximum atomic E-state index is 14.1. The number of hydrogen-bond donors (Lipinski definition) is 0. The van der Waals surface area contributed by atoms with E-state index in [2.05, 4.69) is 4.98 Å².